The van der Waals surface area contributed by atoms with Crippen LogP contribution in [0.15, 0.2) is 54.7 Å². The van der Waals surface area contributed by atoms with E-state index in [0.717, 1.165) is 12.1 Å². The zero-order valence-corrected chi connectivity index (χ0v) is 17.0. The number of aromatic nitrogens is 1. The lowest BCUT2D eigenvalue weighted by Crippen LogP contribution is -2.53. The number of nitrogens with two attached hydrogens (primary N) is 1. The standard InChI is InChI=1S/C20H14Cl2FN3O5/c21-13-6-4-10(18(24)27)8-12(13)11-5-7-16(25-9-11)26(20(29,30)31)19(28)17-14(22)2-1-3-15(17)23/h1-9,29-31H,(H2,24,27). The number of carbonyl (C=O) groups excluding carboxylic acids is 2. The highest BCUT2D eigenvalue weighted by Gasteiger charge is 2.39. The topological polar surface area (TPSA) is 137 Å². The van der Waals surface area contributed by atoms with Crippen LogP contribution in [0.4, 0.5) is 10.2 Å². The molecule has 5 N–H and O–H groups in total. The predicted octanol–water partition coefficient (Wildman–Crippen LogP) is 2.53. The monoisotopic (exact) mass is 465 g/mol. The highest BCUT2D eigenvalue weighted by Crippen LogP contribution is 2.31. The zero-order chi connectivity index (χ0) is 22.9. The summed E-state index contributed by atoms with van der Waals surface area (Å²) in [6, 6.07) is 10.3. The molecule has 0 radical (unpaired) electrons. The van der Waals surface area contributed by atoms with Gasteiger partial charge in [-0.1, -0.05) is 29.3 Å². The molecule has 2 amide bonds. The molecule has 0 spiro atoms. The molecule has 0 fully saturated rings. The largest absolute Gasteiger partial charge is 0.377 e. The second-order valence-electron chi connectivity index (χ2n) is 6.30. The molecule has 31 heavy (non-hydrogen) atoms. The van der Waals surface area contributed by atoms with E-state index in [0.29, 0.717) is 11.1 Å². The number of pyridine rings is 1. The Morgan fingerprint density at radius 3 is 2.29 bits per heavy atom. The van der Waals surface area contributed by atoms with Crippen molar-refractivity contribution >= 4 is 40.8 Å². The summed E-state index contributed by atoms with van der Waals surface area (Å²) in [5.74, 6) is -3.52. The van der Waals surface area contributed by atoms with Crippen molar-refractivity contribution in [3.8, 4) is 11.1 Å². The van der Waals surface area contributed by atoms with Crippen molar-refractivity contribution in [2.75, 3.05) is 4.90 Å². The second kappa shape index (κ2) is 8.58. The summed E-state index contributed by atoms with van der Waals surface area (Å²) >= 11 is 12.0. The third-order valence-electron chi connectivity index (χ3n) is 4.22. The molecule has 1 heterocycles. The number of anilines is 1. The Kier molecular flexibility index (Phi) is 6.25. The Hall–Kier alpha value is -3.08. The Morgan fingerprint density at radius 2 is 1.74 bits per heavy atom. The average Bonchev–Trinajstić information content (AvgIpc) is 2.68. The van der Waals surface area contributed by atoms with Crippen LogP contribution in [0.3, 0.4) is 0 Å². The van der Waals surface area contributed by atoms with Crippen molar-refractivity contribution in [1.82, 2.24) is 4.98 Å². The molecule has 0 aliphatic heterocycles. The molecule has 0 aliphatic carbocycles. The summed E-state index contributed by atoms with van der Waals surface area (Å²) in [5.41, 5.74) is 5.52. The minimum Gasteiger partial charge on any atom is -0.366 e. The van der Waals surface area contributed by atoms with Crippen LogP contribution in [-0.2, 0) is 0 Å². The summed E-state index contributed by atoms with van der Waals surface area (Å²) in [4.78, 5) is 28.2. The Labute approximate surface area is 184 Å². The van der Waals surface area contributed by atoms with Crippen molar-refractivity contribution in [2.24, 2.45) is 5.73 Å². The summed E-state index contributed by atoms with van der Waals surface area (Å²) in [6.07, 6.45) is -2.53. The molecule has 0 saturated heterocycles. The molecular formula is C20H14Cl2FN3O5. The van der Waals surface area contributed by atoms with E-state index in [1.54, 1.807) is 0 Å². The van der Waals surface area contributed by atoms with E-state index in [9.17, 15) is 29.3 Å². The molecule has 3 rings (SSSR count). The van der Waals surface area contributed by atoms with E-state index in [1.165, 1.54) is 42.6 Å². The van der Waals surface area contributed by atoms with Gasteiger partial charge >= 0.3 is 6.10 Å². The van der Waals surface area contributed by atoms with Gasteiger partial charge in [-0.2, -0.15) is 0 Å². The van der Waals surface area contributed by atoms with Gasteiger partial charge in [0.25, 0.3) is 5.91 Å². The van der Waals surface area contributed by atoms with Gasteiger partial charge in [-0.05, 0) is 42.5 Å². The molecule has 0 unspecified atom stereocenters. The lowest BCUT2D eigenvalue weighted by Gasteiger charge is -2.29. The molecule has 0 aliphatic rings. The van der Waals surface area contributed by atoms with Crippen molar-refractivity contribution < 1.29 is 29.3 Å². The minimum atomic E-state index is -3.72. The number of hydrogen-bond acceptors (Lipinski definition) is 6. The number of nitrogens with zero attached hydrogens (tertiary/aromatic N) is 2. The maximum absolute atomic E-state index is 14.1. The fourth-order valence-electron chi connectivity index (χ4n) is 2.79. The Balaban J connectivity index is 2.05. The number of benzene rings is 2. The number of aliphatic hydroxyl groups is 3. The molecule has 8 nitrogen and oxygen atoms in total. The van der Waals surface area contributed by atoms with E-state index in [2.05, 4.69) is 4.98 Å². The number of carbonyl (C=O) groups is 2. The average molecular weight is 466 g/mol. The molecular weight excluding hydrogens is 452 g/mol. The summed E-state index contributed by atoms with van der Waals surface area (Å²) < 4.78 is 14.1. The van der Waals surface area contributed by atoms with Crippen LogP contribution in [0.25, 0.3) is 11.1 Å². The first-order valence-corrected chi connectivity index (χ1v) is 9.27. The van der Waals surface area contributed by atoms with Gasteiger partial charge < -0.3 is 21.1 Å². The van der Waals surface area contributed by atoms with Crippen molar-refractivity contribution in [3.63, 3.8) is 0 Å². The molecule has 0 saturated carbocycles. The molecule has 1 aromatic heterocycles. The van der Waals surface area contributed by atoms with Crippen LogP contribution in [-0.4, -0.2) is 38.2 Å². The van der Waals surface area contributed by atoms with Crippen LogP contribution < -0.4 is 10.6 Å². The molecule has 160 valence electrons. The lowest BCUT2D eigenvalue weighted by molar-refractivity contribution is -0.304. The normalized spacial score (nSPS) is 11.3. The van der Waals surface area contributed by atoms with E-state index in [-0.39, 0.29) is 20.5 Å². The van der Waals surface area contributed by atoms with E-state index < -0.39 is 35.1 Å². The number of primary amides is 1. The first-order chi connectivity index (χ1) is 14.5. The van der Waals surface area contributed by atoms with Gasteiger partial charge in [-0.15, -0.1) is 0 Å². The fraction of sp³-hybridized carbons (Fsp3) is 0.0500. The predicted molar refractivity (Wildman–Crippen MR) is 111 cm³/mol. The number of hydrogen-bond donors (Lipinski definition) is 4. The number of rotatable bonds is 5. The van der Waals surface area contributed by atoms with Crippen LogP contribution in [0.1, 0.15) is 20.7 Å². The Bertz CT molecular complexity index is 1150. The Morgan fingerprint density at radius 1 is 1.03 bits per heavy atom. The van der Waals surface area contributed by atoms with Crippen LogP contribution in [0, 0.1) is 5.82 Å². The number of halogens is 3. The summed E-state index contributed by atoms with van der Waals surface area (Å²) in [5, 5.41) is 29.1. The second-order valence-corrected chi connectivity index (χ2v) is 7.12. The van der Waals surface area contributed by atoms with Crippen molar-refractivity contribution in [2.45, 2.75) is 6.10 Å². The van der Waals surface area contributed by atoms with Crippen molar-refractivity contribution in [3.05, 3.63) is 81.7 Å². The molecule has 3 aromatic rings. The fourth-order valence-corrected chi connectivity index (χ4v) is 3.26. The minimum absolute atomic E-state index is 0.0442. The first-order valence-electron chi connectivity index (χ1n) is 8.52. The van der Waals surface area contributed by atoms with Gasteiger partial charge in [0.05, 0.1) is 10.6 Å². The van der Waals surface area contributed by atoms with Gasteiger partial charge in [0, 0.05) is 27.9 Å². The van der Waals surface area contributed by atoms with Crippen LogP contribution in [0.2, 0.25) is 10.0 Å². The highest BCUT2D eigenvalue weighted by molar-refractivity contribution is 6.34. The van der Waals surface area contributed by atoms with Gasteiger partial charge in [-0.3, -0.25) is 9.59 Å². The van der Waals surface area contributed by atoms with Gasteiger partial charge in [0.2, 0.25) is 5.91 Å². The number of amides is 2. The third kappa shape index (κ3) is 4.66. The molecule has 11 heteroatoms. The van der Waals surface area contributed by atoms with E-state index in [1.807, 2.05) is 0 Å². The van der Waals surface area contributed by atoms with E-state index in [4.69, 9.17) is 28.9 Å². The molecule has 0 atom stereocenters. The van der Waals surface area contributed by atoms with Gasteiger partial charge in [-0.25, -0.2) is 14.3 Å². The summed E-state index contributed by atoms with van der Waals surface area (Å²) in [6.45, 7) is 0. The maximum Gasteiger partial charge on any atom is 0.377 e. The quantitative estimate of drug-likeness (QED) is 0.427. The third-order valence-corrected chi connectivity index (χ3v) is 4.86. The van der Waals surface area contributed by atoms with Crippen LogP contribution in [0.5, 0.6) is 0 Å². The lowest BCUT2D eigenvalue weighted by atomic mass is 10.0. The smallest absolute Gasteiger partial charge is 0.366 e. The molecule has 0 bridgehead atoms. The van der Waals surface area contributed by atoms with Crippen LogP contribution >= 0.6 is 23.2 Å². The first kappa shape index (κ1) is 22.6. The maximum atomic E-state index is 14.1. The SMILES string of the molecule is NC(=O)c1ccc(Cl)c(-c2ccc(N(C(=O)c3c(F)cccc3Cl)C(O)(O)O)nc2)c1. The van der Waals surface area contributed by atoms with E-state index >= 15 is 0 Å². The summed E-state index contributed by atoms with van der Waals surface area (Å²) in [7, 11) is 0. The van der Waals surface area contributed by atoms with Gasteiger partial charge in [0.1, 0.15) is 11.6 Å². The highest BCUT2D eigenvalue weighted by atomic mass is 35.5. The molecule has 2 aromatic carbocycles. The van der Waals surface area contributed by atoms with Gasteiger partial charge in [0.15, 0.2) is 0 Å². The zero-order valence-electron chi connectivity index (χ0n) is 15.5. The van der Waals surface area contributed by atoms with Crippen molar-refractivity contribution in [1.29, 1.82) is 0 Å².